The van der Waals surface area contributed by atoms with Gasteiger partial charge in [-0.25, -0.2) is 12.8 Å². The van der Waals surface area contributed by atoms with E-state index in [9.17, 15) is 41.1 Å². The predicted molar refractivity (Wildman–Crippen MR) is 149 cm³/mol. The molecule has 2 amide bonds. The number of rotatable bonds is 8. The minimum atomic E-state index is -5.62. The first-order valence-electron chi connectivity index (χ1n) is 14.3. The van der Waals surface area contributed by atoms with Crippen LogP contribution in [0.3, 0.4) is 0 Å². The lowest BCUT2D eigenvalue weighted by molar-refractivity contribution is -0.142. The molecule has 238 valence electrons. The van der Waals surface area contributed by atoms with Crippen LogP contribution in [0.5, 0.6) is 5.75 Å². The van der Waals surface area contributed by atoms with Crippen LogP contribution in [0.1, 0.15) is 66.8 Å². The predicted octanol–water partition coefficient (Wildman–Crippen LogP) is 5.27. The molecule has 5 rings (SSSR count). The van der Waals surface area contributed by atoms with E-state index in [1.807, 2.05) is 0 Å². The number of hydrogen-bond acceptors (Lipinski definition) is 6. The third-order valence-electron chi connectivity index (χ3n) is 9.31. The van der Waals surface area contributed by atoms with Gasteiger partial charge in [-0.2, -0.15) is 13.2 Å². The molecule has 0 spiro atoms. The lowest BCUT2D eigenvalue weighted by Gasteiger charge is -2.31. The number of aliphatic carboxylic acids is 1. The standard InChI is InChI=1S/C30H32F4N2O7S/c1-43-24-14-23(31)21(15-5-7-16(8-6-15)29(39)40)13-22(24)27(37)36-26-18-10-9-17(11-18)25(26)28(38)35-19-3-2-4-20(12-19)44(41,42)30(32,33)34/h2-4,12-18,25-26H,5-11H2,1H3,(H,35,38)(H,36,37)(H,39,40)/t15?,16?,17-,18+,25+,26-/m1/s1. The highest BCUT2D eigenvalue weighted by Gasteiger charge is 2.52. The summed E-state index contributed by atoms with van der Waals surface area (Å²) in [4.78, 5) is 37.4. The van der Waals surface area contributed by atoms with Crippen LogP contribution in [0, 0.1) is 29.5 Å². The number of benzene rings is 2. The van der Waals surface area contributed by atoms with Gasteiger partial charge in [0.05, 0.1) is 29.4 Å². The minimum absolute atomic E-state index is 0.00480. The number of fused-ring (bicyclic) bond motifs is 2. The molecule has 4 atom stereocenters. The molecule has 0 heterocycles. The van der Waals surface area contributed by atoms with Crippen LogP contribution in [0.25, 0.3) is 0 Å². The Labute approximate surface area is 251 Å². The summed E-state index contributed by atoms with van der Waals surface area (Å²) in [5, 5.41) is 14.7. The van der Waals surface area contributed by atoms with E-state index < -0.39 is 61.7 Å². The number of nitrogens with one attached hydrogen (secondary N) is 2. The van der Waals surface area contributed by atoms with Crippen LogP contribution >= 0.6 is 0 Å². The van der Waals surface area contributed by atoms with E-state index in [1.54, 1.807) is 0 Å². The van der Waals surface area contributed by atoms with E-state index in [4.69, 9.17) is 4.74 Å². The molecule has 0 unspecified atom stereocenters. The Bertz CT molecular complexity index is 1570. The molecule has 2 bridgehead atoms. The average molecular weight is 641 g/mol. The van der Waals surface area contributed by atoms with E-state index in [0.29, 0.717) is 38.5 Å². The Hall–Kier alpha value is -3.68. The highest BCUT2D eigenvalue weighted by Crippen LogP contribution is 2.49. The number of methoxy groups -OCH3 is 1. The number of carbonyl (C=O) groups is 3. The molecule has 9 nitrogen and oxygen atoms in total. The molecule has 2 aromatic carbocycles. The molecule has 3 fully saturated rings. The van der Waals surface area contributed by atoms with Crippen molar-refractivity contribution in [1.82, 2.24) is 5.32 Å². The van der Waals surface area contributed by atoms with Gasteiger partial charge in [0.15, 0.2) is 0 Å². The van der Waals surface area contributed by atoms with Crippen LogP contribution in [-0.2, 0) is 19.4 Å². The summed E-state index contributed by atoms with van der Waals surface area (Å²) < 4.78 is 83.3. The third-order valence-corrected chi connectivity index (χ3v) is 10.8. The van der Waals surface area contributed by atoms with E-state index in [2.05, 4.69) is 10.6 Å². The van der Waals surface area contributed by atoms with Crippen molar-refractivity contribution in [1.29, 1.82) is 0 Å². The Kier molecular flexibility index (Phi) is 8.67. The zero-order chi connectivity index (χ0) is 32.0. The number of carbonyl (C=O) groups excluding carboxylic acids is 2. The number of hydrogen-bond donors (Lipinski definition) is 3. The Morgan fingerprint density at radius 2 is 1.66 bits per heavy atom. The molecule has 14 heteroatoms. The smallest absolute Gasteiger partial charge is 0.496 e. The van der Waals surface area contributed by atoms with Crippen molar-refractivity contribution in [3.63, 3.8) is 0 Å². The monoisotopic (exact) mass is 640 g/mol. The fourth-order valence-corrected chi connectivity index (χ4v) is 7.90. The first-order valence-corrected chi connectivity index (χ1v) is 15.8. The van der Waals surface area contributed by atoms with E-state index in [0.717, 1.165) is 30.7 Å². The maximum Gasteiger partial charge on any atom is 0.501 e. The van der Waals surface area contributed by atoms with Gasteiger partial charge in [-0.05, 0) is 92.5 Å². The molecular weight excluding hydrogens is 608 g/mol. The summed E-state index contributed by atoms with van der Waals surface area (Å²) in [7, 11) is -4.32. The summed E-state index contributed by atoms with van der Waals surface area (Å²) in [5.41, 5.74) is -5.28. The SMILES string of the molecule is COc1cc(F)c(C2CCC(C(=O)O)CC2)cc1C(=O)N[C@@H]1[C@H]2CC[C@H](C2)[C@@H]1C(=O)Nc1cccc(S(=O)(=O)C(F)(F)F)c1. The highest BCUT2D eigenvalue weighted by atomic mass is 32.2. The fourth-order valence-electron chi connectivity index (χ4n) is 7.09. The van der Waals surface area contributed by atoms with Crippen molar-refractivity contribution in [2.24, 2.45) is 23.7 Å². The first kappa shape index (κ1) is 31.7. The number of anilines is 1. The molecule has 0 saturated heterocycles. The van der Waals surface area contributed by atoms with Gasteiger partial charge in [0, 0.05) is 17.8 Å². The van der Waals surface area contributed by atoms with Crippen molar-refractivity contribution < 1.29 is 50.2 Å². The lowest BCUT2D eigenvalue weighted by atomic mass is 9.78. The maximum absolute atomic E-state index is 15.1. The lowest BCUT2D eigenvalue weighted by Crippen LogP contribution is -2.48. The molecule has 44 heavy (non-hydrogen) atoms. The van der Waals surface area contributed by atoms with Crippen LogP contribution < -0.4 is 15.4 Å². The summed E-state index contributed by atoms with van der Waals surface area (Å²) >= 11 is 0. The van der Waals surface area contributed by atoms with Crippen LogP contribution in [0.2, 0.25) is 0 Å². The number of amides is 2. The van der Waals surface area contributed by atoms with Gasteiger partial charge < -0.3 is 20.5 Å². The number of sulfone groups is 1. The van der Waals surface area contributed by atoms with Crippen molar-refractivity contribution in [2.75, 3.05) is 12.4 Å². The van der Waals surface area contributed by atoms with Gasteiger partial charge in [0.2, 0.25) is 5.91 Å². The summed E-state index contributed by atoms with van der Waals surface area (Å²) in [6, 6.07) is 5.83. The average Bonchev–Trinajstić information content (AvgIpc) is 3.58. The zero-order valence-corrected chi connectivity index (χ0v) is 24.5. The number of carboxylic acids is 1. The quantitative estimate of drug-likeness (QED) is 0.334. The van der Waals surface area contributed by atoms with Crippen LogP contribution in [-0.4, -0.2) is 50.0 Å². The number of halogens is 4. The highest BCUT2D eigenvalue weighted by molar-refractivity contribution is 7.92. The second-order valence-electron chi connectivity index (χ2n) is 11.8. The van der Waals surface area contributed by atoms with E-state index in [1.165, 1.54) is 19.2 Å². The van der Waals surface area contributed by atoms with Gasteiger partial charge >= 0.3 is 11.5 Å². The summed E-state index contributed by atoms with van der Waals surface area (Å²) in [5.74, 6) is -4.27. The number of alkyl halides is 3. The second-order valence-corrected chi connectivity index (χ2v) is 13.7. The Balaban J connectivity index is 1.35. The largest absolute Gasteiger partial charge is 0.501 e. The summed E-state index contributed by atoms with van der Waals surface area (Å²) in [6.07, 6.45) is 3.77. The number of carboxylic acid groups (broad SMARTS) is 1. The molecule has 3 N–H and O–H groups in total. The van der Waals surface area contributed by atoms with Crippen LogP contribution in [0.15, 0.2) is 41.3 Å². The van der Waals surface area contributed by atoms with Gasteiger partial charge in [0.1, 0.15) is 11.6 Å². The Morgan fingerprint density at radius 1 is 0.977 bits per heavy atom. The molecule has 0 radical (unpaired) electrons. The van der Waals surface area contributed by atoms with Gasteiger partial charge in [-0.1, -0.05) is 6.07 Å². The maximum atomic E-state index is 15.1. The van der Waals surface area contributed by atoms with Gasteiger partial charge in [0.25, 0.3) is 15.7 Å². The van der Waals surface area contributed by atoms with E-state index >= 15 is 4.39 Å². The fraction of sp³-hybridized carbons (Fsp3) is 0.500. The van der Waals surface area contributed by atoms with Crippen molar-refractivity contribution in [3.05, 3.63) is 53.3 Å². The van der Waals surface area contributed by atoms with E-state index in [-0.39, 0.29) is 40.3 Å². The molecule has 3 aliphatic carbocycles. The summed E-state index contributed by atoms with van der Waals surface area (Å²) in [6.45, 7) is 0. The first-order chi connectivity index (χ1) is 20.7. The van der Waals surface area contributed by atoms with Crippen molar-refractivity contribution in [2.45, 2.75) is 67.3 Å². The molecule has 0 aromatic heterocycles. The molecule has 3 aliphatic rings. The molecule has 2 aromatic rings. The zero-order valence-electron chi connectivity index (χ0n) is 23.7. The second kappa shape index (κ2) is 12.0. The minimum Gasteiger partial charge on any atom is -0.496 e. The van der Waals surface area contributed by atoms with Crippen molar-refractivity contribution >= 4 is 33.3 Å². The molecular formula is C30H32F4N2O7S. The van der Waals surface area contributed by atoms with Crippen LogP contribution in [0.4, 0.5) is 23.2 Å². The topological polar surface area (TPSA) is 139 Å². The van der Waals surface area contributed by atoms with Gasteiger partial charge in [-0.3, -0.25) is 14.4 Å². The molecule has 0 aliphatic heterocycles. The molecule has 3 saturated carbocycles. The van der Waals surface area contributed by atoms with Crippen molar-refractivity contribution in [3.8, 4) is 5.75 Å². The van der Waals surface area contributed by atoms with Gasteiger partial charge in [-0.15, -0.1) is 0 Å². The third kappa shape index (κ3) is 6.00. The number of ether oxygens (including phenoxy) is 1. The normalized spacial score (nSPS) is 26.7. The Morgan fingerprint density at radius 3 is 2.30 bits per heavy atom.